The van der Waals surface area contributed by atoms with Crippen LogP contribution < -0.4 is 0 Å². The standard InChI is InChI=1S/C18H24O2/c1-2-17(9-8-16-6-4-3-5-7-16)10-12-18(13-11-17)19-14-15-20-18/h2-7H,1,8-15H2. The van der Waals surface area contributed by atoms with Gasteiger partial charge in [0.2, 0.25) is 0 Å². The monoisotopic (exact) mass is 272 g/mol. The summed E-state index contributed by atoms with van der Waals surface area (Å²) in [7, 11) is 0. The SMILES string of the molecule is C=CC1(CCc2ccccc2)CCC2(CC1)OCCO2. The fourth-order valence-corrected chi connectivity index (χ4v) is 3.51. The minimum Gasteiger partial charge on any atom is -0.348 e. The van der Waals surface area contributed by atoms with Crippen LogP contribution in [0.5, 0.6) is 0 Å². The average Bonchev–Trinajstić information content (AvgIpc) is 2.97. The predicted molar refractivity (Wildman–Crippen MR) is 80.5 cm³/mol. The van der Waals surface area contributed by atoms with Gasteiger partial charge in [0.15, 0.2) is 5.79 Å². The second kappa shape index (κ2) is 5.71. The van der Waals surface area contributed by atoms with Gasteiger partial charge in [-0.05, 0) is 36.7 Å². The molecule has 2 aliphatic rings. The molecule has 0 unspecified atom stereocenters. The van der Waals surface area contributed by atoms with Crippen LogP contribution in [0.1, 0.15) is 37.7 Å². The Labute approximate surface area is 121 Å². The molecule has 108 valence electrons. The number of hydrogen-bond acceptors (Lipinski definition) is 2. The second-order valence-corrected chi connectivity index (χ2v) is 6.16. The van der Waals surface area contributed by atoms with Crippen molar-refractivity contribution in [1.82, 2.24) is 0 Å². The third-order valence-electron chi connectivity index (χ3n) is 5.01. The quantitative estimate of drug-likeness (QED) is 0.768. The van der Waals surface area contributed by atoms with Crippen molar-refractivity contribution in [2.24, 2.45) is 5.41 Å². The van der Waals surface area contributed by atoms with Crippen LogP contribution in [-0.4, -0.2) is 19.0 Å². The summed E-state index contributed by atoms with van der Waals surface area (Å²) < 4.78 is 11.7. The lowest BCUT2D eigenvalue weighted by Gasteiger charge is -2.42. The molecule has 0 radical (unpaired) electrons. The van der Waals surface area contributed by atoms with E-state index in [-0.39, 0.29) is 11.2 Å². The van der Waals surface area contributed by atoms with Crippen molar-refractivity contribution in [3.8, 4) is 0 Å². The van der Waals surface area contributed by atoms with E-state index in [1.165, 1.54) is 12.0 Å². The van der Waals surface area contributed by atoms with Gasteiger partial charge in [-0.15, -0.1) is 6.58 Å². The van der Waals surface area contributed by atoms with Gasteiger partial charge in [-0.3, -0.25) is 0 Å². The van der Waals surface area contributed by atoms with Crippen LogP contribution in [0, 0.1) is 5.41 Å². The molecule has 20 heavy (non-hydrogen) atoms. The van der Waals surface area contributed by atoms with Crippen LogP contribution in [-0.2, 0) is 15.9 Å². The number of benzene rings is 1. The van der Waals surface area contributed by atoms with Gasteiger partial charge in [0.1, 0.15) is 0 Å². The Kier molecular flexibility index (Phi) is 3.95. The third-order valence-corrected chi connectivity index (χ3v) is 5.01. The van der Waals surface area contributed by atoms with Crippen LogP contribution in [0.4, 0.5) is 0 Å². The van der Waals surface area contributed by atoms with Gasteiger partial charge in [-0.25, -0.2) is 0 Å². The Morgan fingerprint density at radius 2 is 1.65 bits per heavy atom. The Morgan fingerprint density at radius 3 is 2.25 bits per heavy atom. The molecule has 0 aromatic heterocycles. The number of allylic oxidation sites excluding steroid dienone is 1. The highest BCUT2D eigenvalue weighted by molar-refractivity contribution is 5.15. The molecule has 3 rings (SSSR count). The average molecular weight is 272 g/mol. The first-order valence-electron chi connectivity index (χ1n) is 7.71. The first-order chi connectivity index (χ1) is 9.76. The molecule has 1 spiro atoms. The van der Waals surface area contributed by atoms with Crippen molar-refractivity contribution < 1.29 is 9.47 Å². The molecule has 0 atom stereocenters. The predicted octanol–water partition coefficient (Wildman–Crippen LogP) is 4.11. The van der Waals surface area contributed by atoms with Crippen molar-refractivity contribution in [2.75, 3.05) is 13.2 Å². The first-order valence-corrected chi connectivity index (χ1v) is 7.71. The molecule has 2 nitrogen and oxygen atoms in total. The van der Waals surface area contributed by atoms with Gasteiger partial charge < -0.3 is 9.47 Å². The fourth-order valence-electron chi connectivity index (χ4n) is 3.51. The lowest BCUT2D eigenvalue weighted by atomic mass is 9.69. The molecule has 1 aliphatic heterocycles. The summed E-state index contributed by atoms with van der Waals surface area (Å²) in [5.74, 6) is -0.265. The maximum absolute atomic E-state index is 5.83. The largest absolute Gasteiger partial charge is 0.348 e. The van der Waals surface area contributed by atoms with Crippen LogP contribution in [0.25, 0.3) is 0 Å². The molecule has 0 amide bonds. The maximum atomic E-state index is 5.83. The number of hydrogen-bond donors (Lipinski definition) is 0. The van der Waals surface area contributed by atoms with E-state index in [1.54, 1.807) is 0 Å². The molecular formula is C18H24O2. The molecule has 0 bridgehead atoms. The van der Waals surface area contributed by atoms with Crippen molar-refractivity contribution >= 4 is 0 Å². The van der Waals surface area contributed by atoms with E-state index in [2.05, 4.69) is 43.0 Å². The molecule has 1 aromatic carbocycles. The van der Waals surface area contributed by atoms with E-state index < -0.39 is 0 Å². The Balaban J connectivity index is 1.60. The normalized spacial score (nSPS) is 23.8. The molecular weight excluding hydrogens is 248 g/mol. The molecule has 1 heterocycles. The van der Waals surface area contributed by atoms with Gasteiger partial charge in [0.25, 0.3) is 0 Å². The topological polar surface area (TPSA) is 18.5 Å². The minimum absolute atomic E-state index is 0.260. The summed E-state index contributed by atoms with van der Waals surface area (Å²) in [5.41, 5.74) is 1.68. The summed E-state index contributed by atoms with van der Waals surface area (Å²) in [6.07, 6.45) is 8.75. The van der Waals surface area contributed by atoms with E-state index >= 15 is 0 Å². The van der Waals surface area contributed by atoms with Gasteiger partial charge in [0.05, 0.1) is 13.2 Å². The highest BCUT2D eigenvalue weighted by Crippen LogP contribution is 2.47. The maximum Gasteiger partial charge on any atom is 0.168 e. The van der Waals surface area contributed by atoms with E-state index in [1.807, 2.05) is 0 Å². The first kappa shape index (κ1) is 13.8. The lowest BCUT2D eigenvalue weighted by Crippen LogP contribution is -2.39. The summed E-state index contributed by atoms with van der Waals surface area (Å²) in [6.45, 7) is 5.61. The molecule has 1 aliphatic carbocycles. The zero-order valence-electron chi connectivity index (χ0n) is 12.1. The molecule has 1 saturated heterocycles. The van der Waals surface area contributed by atoms with E-state index in [0.29, 0.717) is 0 Å². The number of aryl methyl sites for hydroxylation is 1. The summed E-state index contributed by atoms with van der Waals surface area (Å²) in [6, 6.07) is 10.7. The highest BCUT2D eigenvalue weighted by atomic mass is 16.7. The summed E-state index contributed by atoms with van der Waals surface area (Å²) >= 11 is 0. The minimum atomic E-state index is -0.265. The number of ether oxygens (including phenoxy) is 2. The second-order valence-electron chi connectivity index (χ2n) is 6.16. The third kappa shape index (κ3) is 2.82. The van der Waals surface area contributed by atoms with E-state index in [9.17, 15) is 0 Å². The van der Waals surface area contributed by atoms with Crippen LogP contribution in [0.15, 0.2) is 43.0 Å². The van der Waals surface area contributed by atoms with Gasteiger partial charge >= 0.3 is 0 Å². The molecule has 0 N–H and O–H groups in total. The zero-order chi connectivity index (χ0) is 13.9. The Bertz CT molecular complexity index is 436. The van der Waals surface area contributed by atoms with Gasteiger partial charge in [0, 0.05) is 12.8 Å². The highest BCUT2D eigenvalue weighted by Gasteiger charge is 2.44. The van der Waals surface area contributed by atoms with Crippen molar-refractivity contribution in [2.45, 2.75) is 44.3 Å². The molecule has 2 fully saturated rings. The smallest absolute Gasteiger partial charge is 0.168 e. The van der Waals surface area contributed by atoms with Crippen LogP contribution in [0.2, 0.25) is 0 Å². The van der Waals surface area contributed by atoms with E-state index in [4.69, 9.17) is 9.47 Å². The zero-order valence-corrected chi connectivity index (χ0v) is 12.1. The molecule has 2 heteroatoms. The summed E-state index contributed by atoms with van der Waals surface area (Å²) in [4.78, 5) is 0. The summed E-state index contributed by atoms with van der Waals surface area (Å²) in [5, 5.41) is 0. The number of rotatable bonds is 4. The Hall–Kier alpha value is -1.12. The Morgan fingerprint density at radius 1 is 1.00 bits per heavy atom. The van der Waals surface area contributed by atoms with Crippen LogP contribution >= 0.6 is 0 Å². The van der Waals surface area contributed by atoms with Gasteiger partial charge in [-0.1, -0.05) is 36.4 Å². The van der Waals surface area contributed by atoms with Gasteiger partial charge in [-0.2, -0.15) is 0 Å². The van der Waals surface area contributed by atoms with E-state index in [0.717, 1.165) is 45.3 Å². The van der Waals surface area contributed by atoms with Crippen molar-refractivity contribution in [3.63, 3.8) is 0 Å². The van der Waals surface area contributed by atoms with Crippen LogP contribution in [0.3, 0.4) is 0 Å². The van der Waals surface area contributed by atoms with Crippen molar-refractivity contribution in [1.29, 1.82) is 0 Å². The fraction of sp³-hybridized carbons (Fsp3) is 0.556. The van der Waals surface area contributed by atoms with Crippen molar-refractivity contribution in [3.05, 3.63) is 48.6 Å². The molecule has 1 saturated carbocycles. The molecule has 1 aromatic rings. The lowest BCUT2D eigenvalue weighted by molar-refractivity contribution is -0.188.